The zero-order valence-corrected chi connectivity index (χ0v) is 15.4. The fraction of sp³-hybridized carbons (Fsp3) is 0.600. The smallest absolute Gasteiger partial charge is 0.406 e. The van der Waals surface area contributed by atoms with Gasteiger partial charge in [0.15, 0.2) is 0 Å². The second-order valence-electron chi connectivity index (χ2n) is 7.44. The minimum Gasteiger partial charge on any atom is -0.453 e. The minimum atomic E-state index is -0.481. The summed E-state index contributed by atoms with van der Waals surface area (Å²) in [6, 6.07) is 8.87. The molecule has 25 heavy (non-hydrogen) atoms. The van der Waals surface area contributed by atoms with Crippen molar-refractivity contribution in [3.63, 3.8) is 0 Å². The predicted octanol–water partition coefficient (Wildman–Crippen LogP) is 2.87. The monoisotopic (exact) mass is 344 g/mol. The van der Waals surface area contributed by atoms with Crippen LogP contribution < -0.4 is 5.32 Å². The Morgan fingerprint density at radius 3 is 2.68 bits per heavy atom. The van der Waals surface area contributed by atoms with Gasteiger partial charge in [0.25, 0.3) is 0 Å². The number of likely N-dealkylation sites (tertiary alicyclic amines) is 1. The van der Waals surface area contributed by atoms with Crippen molar-refractivity contribution < 1.29 is 14.3 Å². The lowest BCUT2D eigenvalue weighted by Gasteiger charge is -2.34. The van der Waals surface area contributed by atoms with Crippen molar-refractivity contribution in [1.82, 2.24) is 10.2 Å². The maximum Gasteiger partial charge on any atom is 0.406 e. The highest BCUT2D eigenvalue weighted by molar-refractivity contribution is 5.80. The molecule has 1 heterocycles. The van der Waals surface area contributed by atoms with Gasteiger partial charge in [-0.15, -0.1) is 0 Å². The molecule has 2 fully saturated rings. The van der Waals surface area contributed by atoms with Crippen molar-refractivity contribution in [1.29, 1.82) is 0 Å². The van der Waals surface area contributed by atoms with Gasteiger partial charge in [0.1, 0.15) is 0 Å². The number of benzene rings is 1. The van der Waals surface area contributed by atoms with Gasteiger partial charge in [-0.3, -0.25) is 4.79 Å². The lowest BCUT2D eigenvalue weighted by Crippen LogP contribution is -2.46. The van der Waals surface area contributed by atoms with Crippen LogP contribution in [0.15, 0.2) is 24.3 Å². The number of nitrogens with one attached hydrogen (secondary N) is 1. The average molecular weight is 344 g/mol. The van der Waals surface area contributed by atoms with Crippen LogP contribution in [0.3, 0.4) is 0 Å². The second kappa shape index (κ2) is 7.06. The molecule has 5 heteroatoms. The van der Waals surface area contributed by atoms with Gasteiger partial charge in [0, 0.05) is 25.0 Å². The van der Waals surface area contributed by atoms with Gasteiger partial charge in [-0.1, -0.05) is 36.8 Å². The van der Waals surface area contributed by atoms with Crippen molar-refractivity contribution in [2.45, 2.75) is 38.5 Å². The SMILES string of the molecule is CCC(CNC(=O)OC)C(=O)N1CCC2(c3ccc(C)cc3)CC2C1. The van der Waals surface area contributed by atoms with E-state index in [1.165, 1.54) is 24.7 Å². The molecular formula is C20H28N2O3. The third-order valence-electron chi connectivity index (χ3n) is 5.96. The van der Waals surface area contributed by atoms with Crippen LogP contribution in [-0.2, 0) is 14.9 Å². The fourth-order valence-electron chi connectivity index (χ4n) is 4.14. The fourth-order valence-corrected chi connectivity index (χ4v) is 4.14. The number of hydrogen-bond acceptors (Lipinski definition) is 3. The number of fused-ring (bicyclic) bond motifs is 1. The zero-order valence-electron chi connectivity index (χ0n) is 15.4. The van der Waals surface area contributed by atoms with Crippen LogP contribution in [0.5, 0.6) is 0 Å². The van der Waals surface area contributed by atoms with Crippen molar-refractivity contribution in [3.8, 4) is 0 Å². The van der Waals surface area contributed by atoms with Crippen LogP contribution in [0, 0.1) is 18.8 Å². The Labute approximate surface area is 149 Å². The van der Waals surface area contributed by atoms with E-state index in [1.54, 1.807) is 0 Å². The molecule has 1 aliphatic heterocycles. The molecule has 1 aromatic rings. The van der Waals surface area contributed by atoms with E-state index in [1.807, 2.05) is 11.8 Å². The van der Waals surface area contributed by atoms with Crippen LogP contribution in [0.2, 0.25) is 0 Å². The van der Waals surface area contributed by atoms with Crippen molar-refractivity contribution >= 4 is 12.0 Å². The Balaban J connectivity index is 1.59. The lowest BCUT2D eigenvalue weighted by molar-refractivity contribution is -0.136. The van der Waals surface area contributed by atoms with E-state index < -0.39 is 6.09 Å². The van der Waals surface area contributed by atoms with Gasteiger partial charge >= 0.3 is 6.09 Å². The number of ether oxygens (including phenoxy) is 1. The van der Waals surface area contributed by atoms with E-state index in [0.29, 0.717) is 18.9 Å². The van der Waals surface area contributed by atoms with Crippen LogP contribution in [0.25, 0.3) is 0 Å². The summed E-state index contributed by atoms with van der Waals surface area (Å²) in [4.78, 5) is 26.1. The van der Waals surface area contributed by atoms with E-state index in [0.717, 1.165) is 19.5 Å². The highest BCUT2D eigenvalue weighted by Crippen LogP contribution is 2.59. The third-order valence-corrected chi connectivity index (χ3v) is 5.96. The molecule has 0 spiro atoms. The zero-order chi connectivity index (χ0) is 18.0. The number of piperidine rings is 1. The number of alkyl carbamates (subject to hydrolysis) is 1. The molecule has 2 aliphatic rings. The molecule has 3 rings (SSSR count). The Hall–Kier alpha value is -2.04. The van der Waals surface area contributed by atoms with Crippen molar-refractivity contribution in [2.24, 2.45) is 11.8 Å². The first-order valence-corrected chi connectivity index (χ1v) is 9.18. The van der Waals surface area contributed by atoms with E-state index >= 15 is 0 Å². The van der Waals surface area contributed by atoms with Crippen molar-refractivity contribution in [3.05, 3.63) is 35.4 Å². The first-order chi connectivity index (χ1) is 12.0. The standard InChI is InChI=1S/C20H28N2O3/c1-4-15(12-21-19(24)25-3)18(23)22-10-9-20(11-17(20)13-22)16-7-5-14(2)6-8-16/h5-8,15,17H,4,9-13H2,1-3H3,(H,21,24). The number of amides is 2. The van der Waals surface area contributed by atoms with E-state index in [-0.39, 0.29) is 17.2 Å². The van der Waals surface area contributed by atoms with Gasteiger partial charge < -0.3 is 15.0 Å². The average Bonchev–Trinajstić information content (AvgIpc) is 3.37. The van der Waals surface area contributed by atoms with E-state index in [9.17, 15) is 9.59 Å². The topological polar surface area (TPSA) is 58.6 Å². The normalized spacial score (nSPS) is 25.7. The number of hydrogen-bond donors (Lipinski definition) is 1. The Morgan fingerprint density at radius 1 is 1.36 bits per heavy atom. The third kappa shape index (κ3) is 3.51. The lowest BCUT2D eigenvalue weighted by atomic mass is 9.86. The first-order valence-electron chi connectivity index (χ1n) is 9.18. The summed E-state index contributed by atoms with van der Waals surface area (Å²) in [5.41, 5.74) is 3.00. The van der Waals surface area contributed by atoms with Crippen LogP contribution in [-0.4, -0.2) is 43.6 Å². The molecule has 5 nitrogen and oxygen atoms in total. The summed E-state index contributed by atoms with van der Waals surface area (Å²) in [6.45, 7) is 6.07. The molecule has 0 bridgehead atoms. The highest BCUT2D eigenvalue weighted by atomic mass is 16.5. The predicted molar refractivity (Wildman–Crippen MR) is 96.3 cm³/mol. The van der Waals surface area contributed by atoms with Crippen LogP contribution in [0.4, 0.5) is 4.79 Å². The molecule has 0 radical (unpaired) electrons. The number of aryl methyl sites for hydroxylation is 1. The molecule has 2 amide bonds. The molecule has 1 saturated carbocycles. The largest absolute Gasteiger partial charge is 0.453 e. The quantitative estimate of drug-likeness (QED) is 0.893. The van der Waals surface area contributed by atoms with Gasteiger partial charge in [0.05, 0.1) is 13.0 Å². The maximum absolute atomic E-state index is 12.8. The maximum atomic E-state index is 12.8. The summed E-state index contributed by atoms with van der Waals surface area (Å²) in [5.74, 6) is 0.548. The Kier molecular flexibility index (Phi) is 5.02. The van der Waals surface area contributed by atoms with Crippen LogP contribution in [0.1, 0.15) is 37.3 Å². The Bertz CT molecular complexity index is 643. The molecular weight excluding hydrogens is 316 g/mol. The summed E-state index contributed by atoms with van der Waals surface area (Å²) < 4.78 is 4.59. The molecule has 0 aromatic heterocycles. The molecule has 1 aromatic carbocycles. The van der Waals surface area contributed by atoms with Gasteiger partial charge in [-0.05, 0) is 37.7 Å². The number of carbonyl (C=O) groups is 2. The van der Waals surface area contributed by atoms with E-state index in [2.05, 4.69) is 41.2 Å². The number of methoxy groups -OCH3 is 1. The second-order valence-corrected chi connectivity index (χ2v) is 7.44. The number of rotatable bonds is 5. The summed E-state index contributed by atoms with van der Waals surface area (Å²) >= 11 is 0. The van der Waals surface area contributed by atoms with Gasteiger partial charge in [0.2, 0.25) is 5.91 Å². The summed E-state index contributed by atoms with van der Waals surface area (Å²) in [5, 5.41) is 2.65. The molecule has 1 aliphatic carbocycles. The summed E-state index contributed by atoms with van der Waals surface area (Å²) in [7, 11) is 1.33. The highest BCUT2D eigenvalue weighted by Gasteiger charge is 2.58. The molecule has 1 saturated heterocycles. The number of nitrogens with zero attached hydrogens (tertiary/aromatic N) is 1. The Morgan fingerprint density at radius 2 is 2.08 bits per heavy atom. The minimum absolute atomic E-state index is 0.156. The van der Waals surface area contributed by atoms with Gasteiger partial charge in [-0.2, -0.15) is 0 Å². The van der Waals surface area contributed by atoms with Gasteiger partial charge in [-0.25, -0.2) is 4.79 Å². The first kappa shape index (κ1) is 17.8. The van der Waals surface area contributed by atoms with Crippen molar-refractivity contribution in [2.75, 3.05) is 26.7 Å². The molecule has 136 valence electrons. The molecule has 3 unspecified atom stereocenters. The molecule has 1 N–H and O–H groups in total. The van der Waals surface area contributed by atoms with Crippen LogP contribution >= 0.6 is 0 Å². The number of carbonyl (C=O) groups excluding carboxylic acids is 2. The molecule has 3 atom stereocenters. The summed E-state index contributed by atoms with van der Waals surface area (Å²) in [6.07, 6.45) is 2.45. The van der Waals surface area contributed by atoms with E-state index in [4.69, 9.17) is 0 Å².